The molecular weight excluding hydrogens is 438 g/mol. The van der Waals surface area contributed by atoms with Gasteiger partial charge in [-0.2, -0.15) is 13.2 Å². The number of nitrogens with one attached hydrogen (secondary N) is 1. The van der Waals surface area contributed by atoms with Crippen LogP contribution in [0.3, 0.4) is 0 Å². The Kier molecular flexibility index (Phi) is 5.45. The second-order valence-corrected chi connectivity index (χ2v) is 9.39. The van der Waals surface area contributed by atoms with Gasteiger partial charge < -0.3 is 24.5 Å². The van der Waals surface area contributed by atoms with Crippen molar-refractivity contribution in [2.24, 2.45) is 0 Å². The zero-order valence-electron chi connectivity index (χ0n) is 18.7. The highest BCUT2D eigenvalue weighted by Gasteiger charge is 2.56. The van der Waals surface area contributed by atoms with Gasteiger partial charge in [0.2, 0.25) is 0 Å². The van der Waals surface area contributed by atoms with Gasteiger partial charge in [-0.15, -0.1) is 0 Å². The van der Waals surface area contributed by atoms with Gasteiger partial charge in [0.05, 0.1) is 23.3 Å². The molecule has 0 bridgehead atoms. The van der Waals surface area contributed by atoms with E-state index >= 15 is 0 Å². The molecule has 1 amide bonds. The summed E-state index contributed by atoms with van der Waals surface area (Å²) in [6, 6.07) is 11.1. The molecule has 10 heteroatoms. The third-order valence-electron chi connectivity index (χ3n) is 6.70. The van der Waals surface area contributed by atoms with Crippen LogP contribution in [-0.2, 0) is 27.5 Å². The minimum atomic E-state index is -4.65. The number of fused-ring (bicyclic) bond motifs is 1. The van der Waals surface area contributed by atoms with Gasteiger partial charge in [0.25, 0.3) is 0 Å². The van der Waals surface area contributed by atoms with E-state index in [0.29, 0.717) is 11.1 Å². The van der Waals surface area contributed by atoms with Crippen molar-refractivity contribution in [3.63, 3.8) is 0 Å². The first-order valence-electron chi connectivity index (χ1n) is 10.6. The molecule has 0 aromatic heterocycles. The van der Waals surface area contributed by atoms with Crippen molar-refractivity contribution >= 4 is 18.7 Å². The minimum absolute atomic E-state index is 0.00988. The van der Waals surface area contributed by atoms with E-state index in [1.165, 1.54) is 6.07 Å². The van der Waals surface area contributed by atoms with Crippen molar-refractivity contribution in [3.05, 3.63) is 59.2 Å². The van der Waals surface area contributed by atoms with Crippen molar-refractivity contribution in [1.29, 1.82) is 0 Å². The molecular formula is C23H25BF3NO5. The van der Waals surface area contributed by atoms with Crippen LogP contribution < -0.4 is 15.5 Å². The summed E-state index contributed by atoms with van der Waals surface area (Å²) >= 11 is 0. The molecule has 176 valence electrons. The van der Waals surface area contributed by atoms with Gasteiger partial charge in [0.15, 0.2) is 5.60 Å². The standard InChI is InChI=1S/C23H25BF3NO5/c1-20(2)21(3,4)33-24(32-20)18-15-12-22(13-28-19(29)30,14-8-6-5-7-9-14)31-17(15)11-10-16(18)23(25,26)27/h5-11,28H,12-13H2,1-4H3,(H,29,30)/t22-/m1/s1. The fraction of sp³-hybridized carbons (Fsp3) is 0.435. The molecule has 2 heterocycles. The Morgan fingerprint density at radius 1 is 1.06 bits per heavy atom. The number of hydrogen-bond acceptors (Lipinski definition) is 4. The lowest BCUT2D eigenvalue weighted by Crippen LogP contribution is -2.45. The molecule has 0 unspecified atom stereocenters. The Labute approximate surface area is 190 Å². The molecule has 0 aliphatic carbocycles. The Bertz CT molecular complexity index is 1060. The van der Waals surface area contributed by atoms with Crippen molar-refractivity contribution in [1.82, 2.24) is 5.32 Å². The molecule has 0 radical (unpaired) electrons. The lowest BCUT2D eigenvalue weighted by atomic mass is 9.70. The van der Waals surface area contributed by atoms with Gasteiger partial charge in [0, 0.05) is 11.9 Å². The third kappa shape index (κ3) is 4.06. The molecule has 0 saturated carbocycles. The number of hydrogen-bond donors (Lipinski definition) is 2. The van der Waals surface area contributed by atoms with Crippen LogP contribution in [0, 0.1) is 0 Å². The van der Waals surface area contributed by atoms with E-state index in [1.54, 1.807) is 58.0 Å². The average Bonchev–Trinajstić information content (AvgIpc) is 3.20. The van der Waals surface area contributed by atoms with E-state index in [1.807, 2.05) is 0 Å². The zero-order valence-corrected chi connectivity index (χ0v) is 18.7. The molecule has 2 aliphatic rings. The third-order valence-corrected chi connectivity index (χ3v) is 6.70. The van der Waals surface area contributed by atoms with Crippen LogP contribution in [0.2, 0.25) is 0 Å². The van der Waals surface area contributed by atoms with E-state index < -0.39 is 41.8 Å². The molecule has 1 saturated heterocycles. The summed E-state index contributed by atoms with van der Waals surface area (Å²) in [6.45, 7) is 6.93. The van der Waals surface area contributed by atoms with Crippen LogP contribution in [0.1, 0.15) is 44.4 Å². The molecule has 2 aliphatic heterocycles. The maximum absolute atomic E-state index is 14.1. The maximum Gasteiger partial charge on any atom is 0.495 e. The fourth-order valence-corrected chi connectivity index (χ4v) is 4.25. The van der Waals surface area contributed by atoms with Crippen LogP contribution in [0.5, 0.6) is 5.75 Å². The number of alkyl halides is 3. The Morgan fingerprint density at radius 2 is 1.67 bits per heavy atom. The first-order chi connectivity index (χ1) is 15.3. The molecule has 1 fully saturated rings. The van der Waals surface area contributed by atoms with Crippen LogP contribution >= 0.6 is 0 Å². The van der Waals surface area contributed by atoms with Crippen LogP contribution in [0.15, 0.2) is 42.5 Å². The number of carbonyl (C=O) groups is 1. The molecule has 33 heavy (non-hydrogen) atoms. The summed E-state index contributed by atoms with van der Waals surface area (Å²) in [4.78, 5) is 11.3. The summed E-state index contributed by atoms with van der Waals surface area (Å²) < 4.78 is 60.4. The highest BCUT2D eigenvalue weighted by molar-refractivity contribution is 6.63. The largest absolute Gasteiger partial charge is 0.495 e. The molecule has 2 aromatic carbocycles. The summed E-state index contributed by atoms with van der Waals surface area (Å²) in [5, 5.41) is 11.5. The van der Waals surface area contributed by atoms with Crippen molar-refractivity contribution in [3.8, 4) is 5.75 Å². The first-order valence-corrected chi connectivity index (χ1v) is 10.6. The van der Waals surface area contributed by atoms with Crippen LogP contribution in [-0.4, -0.2) is 36.1 Å². The molecule has 1 atom stereocenters. The SMILES string of the molecule is CC1(C)OB(c2c(C(F)(F)F)ccc3c2C[C@@](CNC(=O)O)(c2ccccc2)O3)OC1(C)C. The van der Waals surface area contributed by atoms with E-state index in [-0.39, 0.29) is 24.2 Å². The fourth-order valence-electron chi connectivity index (χ4n) is 4.25. The maximum atomic E-state index is 14.1. The zero-order chi connectivity index (χ0) is 24.2. The van der Waals surface area contributed by atoms with Crippen molar-refractivity contribution in [2.75, 3.05) is 6.54 Å². The van der Waals surface area contributed by atoms with E-state index in [9.17, 15) is 23.1 Å². The number of amides is 1. The molecule has 0 spiro atoms. The number of rotatable bonds is 4. The first kappa shape index (κ1) is 23.4. The smallest absolute Gasteiger partial charge is 0.480 e. The molecule has 2 aromatic rings. The quantitative estimate of drug-likeness (QED) is 0.668. The molecule has 4 rings (SSSR count). The van der Waals surface area contributed by atoms with Crippen LogP contribution in [0.4, 0.5) is 18.0 Å². The lowest BCUT2D eigenvalue weighted by Gasteiger charge is -2.32. The minimum Gasteiger partial charge on any atom is -0.480 e. The predicted molar refractivity (Wildman–Crippen MR) is 116 cm³/mol. The van der Waals surface area contributed by atoms with Gasteiger partial charge in [0.1, 0.15) is 5.75 Å². The average molecular weight is 463 g/mol. The summed E-state index contributed by atoms with van der Waals surface area (Å²) in [5.41, 5.74) is -2.97. The Balaban J connectivity index is 1.85. The number of ether oxygens (including phenoxy) is 1. The van der Waals surface area contributed by atoms with Crippen molar-refractivity contribution < 1.29 is 37.1 Å². The van der Waals surface area contributed by atoms with E-state index in [4.69, 9.17) is 14.0 Å². The second-order valence-electron chi connectivity index (χ2n) is 9.39. The topological polar surface area (TPSA) is 77.0 Å². The predicted octanol–water partition coefficient (Wildman–Crippen LogP) is 4.10. The summed E-state index contributed by atoms with van der Waals surface area (Å²) in [5.74, 6) is 0.240. The summed E-state index contributed by atoms with van der Waals surface area (Å²) in [7, 11) is -1.26. The Hall–Kier alpha value is -2.72. The van der Waals surface area contributed by atoms with Gasteiger partial charge in [-0.05, 0) is 51.0 Å². The highest BCUT2D eigenvalue weighted by atomic mass is 19.4. The number of carboxylic acid groups (broad SMARTS) is 1. The molecule has 6 nitrogen and oxygen atoms in total. The normalized spacial score (nSPS) is 23.2. The molecule has 2 N–H and O–H groups in total. The van der Waals surface area contributed by atoms with Gasteiger partial charge in [-0.3, -0.25) is 0 Å². The second kappa shape index (κ2) is 7.67. The number of halogens is 3. The van der Waals surface area contributed by atoms with Crippen molar-refractivity contribution in [2.45, 2.75) is 57.1 Å². The van der Waals surface area contributed by atoms with Gasteiger partial charge >= 0.3 is 19.4 Å². The van der Waals surface area contributed by atoms with Crippen LogP contribution in [0.25, 0.3) is 0 Å². The van der Waals surface area contributed by atoms with Gasteiger partial charge in [-0.25, -0.2) is 4.79 Å². The Morgan fingerprint density at radius 3 is 2.21 bits per heavy atom. The van der Waals surface area contributed by atoms with E-state index in [0.717, 1.165) is 6.07 Å². The van der Waals surface area contributed by atoms with Gasteiger partial charge in [-0.1, -0.05) is 30.3 Å². The highest BCUT2D eigenvalue weighted by Crippen LogP contribution is 2.45. The van der Waals surface area contributed by atoms with E-state index in [2.05, 4.69) is 5.32 Å². The lowest BCUT2D eigenvalue weighted by molar-refractivity contribution is -0.136. The summed E-state index contributed by atoms with van der Waals surface area (Å²) in [6.07, 6.45) is -5.90. The monoisotopic (exact) mass is 463 g/mol. The number of benzene rings is 2.